The van der Waals surface area contributed by atoms with Crippen LogP contribution in [0.3, 0.4) is 0 Å². The van der Waals surface area contributed by atoms with Crippen molar-refractivity contribution in [2.24, 2.45) is 4.99 Å². The van der Waals surface area contributed by atoms with Crippen molar-refractivity contribution in [3.63, 3.8) is 0 Å². The number of ether oxygens (including phenoxy) is 2. The van der Waals surface area contributed by atoms with Gasteiger partial charge in [0.25, 0.3) is 0 Å². The van der Waals surface area contributed by atoms with Gasteiger partial charge < -0.3 is 20.1 Å². The minimum atomic E-state index is -0.209. The van der Waals surface area contributed by atoms with Crippen molar-refractivity contribution >= 4 is 29.9 Å². The molecule has 3 rings (SSSR count). The normalized spacial score (nSPS) is 23.9. The van der Waals surface area contributed by atoms with Gasteiger partial charge in [-0.15, -0.1) is 24.0 Å². The lowest BCUT2D eigenvalue weighted by atomic mass is 10.0. The molecule has 2 aliphatic rings. The van der Waals surface area contributed by atoms with Crippen molar-refractivity contribution in [1.82, 2.24) is 20.4 Å². The molecule has 9 heteroatoms. The van der Waals surface area contributed by atoms with Gasteiger partial charge in [0.15, 0.2) is 5.96 Å². The van der Waals surface area contributed by atoms with Crippen molar-refractivity contribution in [3.8, 4) is 0 Å². The van der Waals surface area contributed by atoms with Crippen LogP contribution >= 0.6 is 24.0 Å². The van der Waals surface area contributed by atoms with Gasteiger partial charge in [-0.3, -0.25) is 14.8 Å². The minimum Gasteiger partial charge on any atom is -0.379 e. The number of nitrogens with zero attached hydrogens (tertiary/aromatic N) is 3. The van der Waals surface area contributed by atoms with Gasteiger partial charge in [-0.05, 0) is 38.0 Å². The lowest BCUT2D eigenvalue weighted by Crippen LogP contribution is -2.47. The molecule has 0 aliphatic carbocycles. The molecular formula is C23H39FIN5O2. The van der Waals surface area contributed by atoms with E-state index >= 15 is 0 Å². The highest BCUT2D eigenvalue weighted by molar-refractivity contribution is 14.0. The van der Waals surface area contributed by atoms with Gasteiger partial charge in [0, 0.05) is 52.9 Å². The van der Waals surface area contributed by atoms with Crippen LogP contribution in [0.5, 0.6) is 0 Å². The van der Waals surface area contributed by atoms with Crippen LogP contribution in [0.2, 0.25) is 0 Å². The Morgan fingerprint density at radius 3 is 2.41 bits per heavy atom. The maximum atomic E-state index is 13.4. The van der Waals surface area contributed by atoms with Crippen LogP contribution in [-0.2, 0) is 9.47 Å². The molecular weight excluding hydrogens is 524 g/mol. The van der Waals surface area contributed by atoms with Crippen LogP contribution in [0.25, 0.3) is 0 Å². The molecule has 2 fully saturated rings. The summed E-state index contributed by atoms with van der Waals surface area (Å²) in [5.74, 6) is 0.586. The average molecular weight is 564 g/mol. The Kier molecular flexibility index (Phi) is 12.2. The van der Waals surface area contributed by atoms with Gasteiger partial charge in [-0.25, -0.2) is 4.39 Å². The van der Waals surface area contributed by atoms with E-state index in [2.05, 4.69) is 39.3 Å². The quantitative estimate of drug-likeness (QED) is 0.220. The lowest BCUT2D eigenvalue weighted by Gasteiger charge is -2.35. The molecule has 3 atom stereocenters. The van der Waals surface area contributed by atoms with Crippen molar-refractivity contribution in [1.29, 1.82) is 0 Å². The zero-order valence-electron chi connectivity index (χ0n) is 19.6. The van der Waals surface area contributed by atoms with Gasteiger partial charge in [0.2, 0.25) is 0 Å². The highest BCUT2D eigenvalue weighted by Crippen LogP contribution is 2.21. The first kappa shape index (κ1) is 27.2. The Hall–Kier alpha value is -1.01. The number of aliphatic imine (C=N–C) groups is 1. The van der Waals surface area contributed by atoms with Gasteiger partial charge in [-0.2, -0.15) is 0 Å². The number of hydrogen-bond acceptors (Lipinski definition) is 5. The fraction of sp³-hybridized carbons (Fsp3) is 0.696. The highest BCUT2D eigenvalue weighted by Gasteiger charge is 2.23. The molecule has 0 bridgehead atoms. The number of morpholine rings is 2. The zero-order valence-corrected chi connectivity index (χ0v) is 21.9. The maximum absolute atomic E-state index is 13.4. The molecule has 2 aliphatic heterocycles. The van der Waals surface area contributed by atoms with Crippen LogP contribution in [0.15, 0.2) is 29.3 Å². The summed E-state index contributed by atoms with van der Waals surface area (Å²) in [6.45, 7) is 12.1. The van der Waals surface area contributed by atoms with Crippen molar-refractivity contribution in [2.45, 2.75) is 38.5 Å². The summed E-state index contributed by atoms with van der Waals surface area (Å²) in [6.07, 6.45) is 1.65. The minimum absolute atomic E-state index is 0. The van der Waals surface area contributed by atoms with Crippen molar-refractivity contribution in [3.05, 3.63) is 35.6 Å². The van der Waals surface area contributed by atoms with E-state index < -0.39 is 0 Å². The molecule has 2 saturated heterocycles. The molecule has 2 heterocycles. The third-order valence-corrected chi connectivity index (χ3v) is 5.87. The molecule has 3 unspecified atom stereocenters. The smallest absolute Gasteiger partial charge is 0.191 e. The summed E-state index contributed by atoms with van der Waals surface area (Å²) in [7, 11) is 1.79. The highest BCUT2D eigenvalue weighted by atomic mass is 127. The molecule has 0 saturated carbocycles. The monoisotopic (exact) mass is 563 g/mol. The molecule has 0 amide bonds. The summed E-state index contributed by atoms with van der Waals surface area (Å²) in [6, 6.07) is 6.95. The standard InChI is InChI=1S/C23H38FN5O2.HI/c1-18-16-28(17-19(2)31-18)10-4-9-26-23(25-3)27-15-22(29-11-13-30-14-12-29)20-5-7-21(24)8-6-20;/h5-8,18-19,22H,4,9-17H2,1-3H3,(H2,25,26,27);1H. The van der Waals surface area contributed by atoms with E-state index in [1.165, 1.54) is 12.1 Å². The molecule has 0 radical (unpaired) electrons. The molecule has 32 heavy (non-hydrogen) atoms. The Labute approximate surface area is 209 Å². The van der Waals surface area contributed by atoms with Crippen molar-refractivity contribution in [2.75, 3.05) is 66.1 Å². The summed E-state index contributed by atoms with van der Waals surface area (Å²) >= 11 is 0. The van der Waals surface area contributed by atoms with Crippen LogP contribution < -0.4 is 10.6 Å². The number of nitrogens with one attached hydrogen (secondary N) is 2. The third-order valence-electron chi connectivity index (χ3n) is 5.87. The van der Waals surface area contributed by atoms with Gasteiger partial charge in [-0.1, -0.05) is 12.1 Å². The lowest BCUT2D eigenvalue weighted by molar-refractivity contribution is -0.0679. The summed E-state index contributed by atoms with van der Waals surface area (Å²) in [5.41, 5.74) is 1.10. The van der Waals surface area contributed by atoms with Gasteiger partial charge in [0.1, 0.15) is 5.82 Å². The van der Waals surface area contributed by atoms with Gasteiger partial charge in [0.05, 0.1) is 31.5 Å². The Morgan fingerprint density at radius 1 is 1.12 bits per heavy atom. The first-order chi connectivity index (χ1) is 15.0. The Morgan fingerprint density at radius 2 is 1.78 bits per heavy atom. The number of guanidine groups is 1. The average Bonchev–Trinajstić information content (AvgIpc) is 2.76. The first-order valence-electron chi connectivity index (χ1n) is 11.4. The maximum Gasteiger partial charge on any atom is 0.191 e. The largest absolute Gasteiger partial charge is 0.379 e. The molecule has 7 nitrogen and oxygen atoms in total. The zero-order chi connectivity index (χ0) is 22.1. The second-order valence-electron chi connectivity index (χ2n) is 8.47. The summed E-state index contributed by atoms with van der Waals surface area (Å²) in [4.78, 5) is 9.24. The Balaban J connectivity index is 0.00000363. The van der Waals surface area contributed by atoms with E-state index in [9.17, 15) is 4.39 Å². The second kappa shape index (κ2) is 14.3. The molecule has 1 aromatic rings. The molecule has 0 spiro atoms. The van der Waals surface area contributed by atoms with Crippen LogP contribution in [0.1, 0.15) is 31.9 Å². The fourth-order valence-electron chi connectivity index (χ4n) is 4.42. The van der Waals surface area contributed by atoms with Crippen LogP contribution in [0, 0.1) is 5.82 Å². The number of benzene rings is 1. The van der Waals surface area contributed by atoms with Crippen LogP contribution in [-0.4, -0.2) is 94.0 Å². The van der Waals surface area contributed by atoms with E-state index in [1.807, 2.05) is 12.1 Å². The predicted molar refractivity (Wildman–Crippen MR) is 137 cm³/mol. The topological polar surface area (TPSA) is 61.4 Å². The number of halogens is 2. The Bertz CT molecular complexity index is 677. The number of hydrogen-bond donors (Lipinski definition) is 2. The SMILES string of the molecule is CN=C(NCCCN1CC(C)OC(C)C1)NCC(c1ccc(F)cc1)N1CCOCC1.I. The van der Waals surface area contributed by atoms with E-state index in [1.54, 1.807) is 7.05 Å². The summed E-state index contributed by atoms with van der Waals surface area (Å²) < 4.78 is 24.7. The number of rotatable bonds is 8. The molecule has 2 N–H and O–H groups in total. The first-order valence-corrected chi connectivity index (χ1v) is 11.4. The van der Waals surface area contributed by atoms with E-state index in [4.69, 9.17) is 9.47 Å². The van der Waals surface area contributed by atoms with E-state index in [0.717, 1.165) is 70.4 Å². The van der Waals surface area contributed by atoms with Crippen LogP contribution in [0.4, 0.5) is 4.39 Å². The van der Waals surface area contributed by atoms with Gasteiger partial charge >= 0.3 is 0 Å². The third kappa shape index (κ3) is 8.74. The molecule has 182 valence electrons. The fourth-order valence-corrected chi connectivity index (χ4v) is 4.42. The second-order valence-corrected chi connectivity index (χ2v) is 8.47. The van der Waals surface area contributed by atoms with E-state index in [0.29, 0.717) is 18.8 Å². The molecule has 0 aromatic heterocycles. The van der Waals surface area contributed by atoms with Crippen molar-refractivity contribution < 1.29 is 13.9 Å². The predicted octanol–water partition coefficient (Wildman–Crippen LogP) is 2.48. The van der Waals surface area contributed by atoms with E-state index in [-0.39, 0.29) is 35.8 Å². The molecule has 1 aromatic carbocycles. The summed E-state index contributed by atoms with van der Waals surface area (Å²) in [5, 5.41) is 6.89.